The van der Waals surface area contributed by atoms with Gasteiger partial charge in [0.15, 0.2) is 0 Å². The Bertz CT molecular complexity index is 671. The quantitative estimate of drug-likeness (QED) is 0.0672. The molecule has 49 heavy (non-hydrogen) atoms. The number of hydrogen-bond donors (Lipinski definition) is 0. The monoisotopic (exact) mass is 714 g/mol. The Balaban J connectivity index is 3.09. The summed E-state index contributed by atoms with van der Waals surface area (Å²) < 4.78 is 69.6. The molecule has 0 aromatic heterocycles. The number of carbonyl (C=O) groups is 2. The van der Waals surface area contributed by atoms with Crippen LogP contribution < -0.4 is 0 Å². The van der Waals surface area contributed by atoms with Gasteiger partial charge in [0.1, 0.15) is 13.2 Å². The van der Waals surface area contributed by atoms with Crippen molar-refractivity contribution in [2.45, 2.75) is 52.4 Å². The first kappa shape index (κ1) is 47.5. The second-order valence-corrected chi connectivity index (χ2v) is 10.5. The van der Waals surface area contributed by atoms with E-state index in [2.05, 4.69) is 6.92 Å². The maximum Gasteiger partial charge on any atom is 0.305 e. The molecule has 0 spiro atoms. The summed E-state index contributed by atoms with van der Waals surface area (Å²) in [7, 11) is 0. The Morgan fingerprint density at radius 3 is 0.837 bits per heavy atom. The van der Waals surface area contributed by atoms with Gasteiger partial charge in [-0.2, -0.15) is 0 Å². The zero-order valence-electron chi connectivity index (χ0n) is 30.3. The maximum absolute atomic E-state index is 11.6. The lowest BCUT2D eigenvalue weighted by Gasteiger charge is -2.09. The van der Waals surface area contributed by atoms with Crippen LogP contribution in [0.25, 0.3) is 0 Å². The van der Waals surface area contributed by atoms with E-state index in [1.165, 1.54) is 26.2 Å². The average Bonchev–Trinajstić information content (AvgIpc) is 3.09. The van der Waals surface area contributed by atoms with Crippen molar-refractivity contribution in [3.05, 3.63) is 0 Å². The van der Waals surface area contributed by atoms with E-state index < -0.39 is 0 Å². The Kier molecular flexibility index (Phi) is 41.4. The molecule has 0 saturated heterocycles. The van der Waals surface area contributed by atoms with E-state index in [1.807, 2.05) is 0 Å². The summed E-state index contributed by atoms with van der Waals surface area (Å²) in [6, 6.07) is 0. The highest BCUT2D eigenvalue weighted by Crippen LogP contribution is 2.05. The Hall–Kier alpha value is -1.50. The van der Waals surface area contributed by atoms with Crippen LogP contribution >= 0.6 is 0 Å². The van der Waals surface area contributed by atoms with Crippen molar-refractivity contribution in [1.29, 1.82) is 0 Å². The van der Waals surface area contributed by atoms with E-state index in [4.69, 9.17) is 61.6 Å². The van der Waals surface area contributed by atoms with E-state index in [-0.39, 0.29) is 25.2 Å². The van der Waals surface area contributed by atoms with Crippen molar-refractivity contribution in [1.82, 2.24) is 0 Å². The Labute approximate surface area is 294 Å². The van der Waals surface area contributed by atoms with Crippen LogP contribution in [0.1, 0.15) is 52.4 Å². The van der Waals surface area contributed by atoms with Crippen molar-refractivity contribution in [2.75, 3.05) is 159 Å². The maximum atomic E-state index is 11.6. The SMILES string of the molecule is CCCCCCCC(=O)OCCOCCOCCOCCOCCOCCOCCOCCOCCOCCOCCOCCOC(C)=O. The zero-order valence-corrected chi connectivity index (χ0v) is 30.3. The minimum Gasteiger partial charge on any atom is -0.463 e. The van der Waals surface area contributed by atoms with Gasteiger partial charge in [-0.3, -0.25) is 9.59 Å². The van der Waals surface area contributed by atoms with Crippen molar-refractivity contribution in [3.63, 3.8) is 0 Å². The van der Waals surface area contributed by atoms with Crippen LogP contribution in [0.4, 0.5) is 0 Å². The number of ether oxygens (including phenoxy) is 13. The third-order valence-electron chi connectivity index (χ3n) is 6.23. The van der Waals surface area contributed by atoms with Crippen molar-refractivity contribution in [2.24, 2.45) is 0 Å². The molecule has 292 valence electrons. The minimum absolute atomic E-state index is 0.151. The van der Waals surface area contributed by atoms with E-state index in [0.717, 1.165) is 12.8 Å². The van der Waals surface area contributed by atoms with Crippen molar-refractivity contribution >= 4 is 11.9 Å². The van der Waals surface area contributed by atoms with E-state index in [0.29, 0.717) is 152 Å². The summed E-state index contributed by atoms with van der Waals surface area (Å²) in [5.41, 5.74) is 0. The van der Waals surface area contributed by atoms with Crippen LogP contribution in [0.3, 0.4) is 0 Å². The number of unbranched alkanes of at least 4 members (excludes halogenated alkanes) is 4. The zero-order chi connectivity index (χ0) is 35.6. The number of rotatable bonds is 42. The molecule has 0 amide bonds. The molecular weight excluding hydrogens is 648 g/mol. The average molecular weight is 715 g/mol. The van der Waals surface area contributed by atoms with Gasteiger partial charge in [-0.05, 0) is 6.42 Å². The van der Waals surface area contributed by atoms with Crippen LogP contribution in [-0.2, 0) is 71.2 Å². The number of esters is 2. The van der Waals surface area contributed by atoms with Gasteiger partial charge >= 0.3 is 11.9 Å². The molecule has 0 unspecified atom stereocenters. The van der Waals surface area contributed by atoms with Gasteiger partial charge in [0.05, 0.1) is 145 Å². The molecule has 0 atom stereocenters. The molecule has 0 aliphatic rings. The number of carbonyl (C=O) groups excluding carboxylic acids is 2. The van der Waals surface area contributed by atoms with Crippen LogP contribution in [0, 0.1) is 0 Å². The molecule has 0 aliphatic heterocycles. The van der Waals surface area contributed by atoms with Gasteiger partial charge in [-0.25, -0.2) is 0 Å². The summed E-state index contributed by atoms with van der Waals surface area (Å²) in [6.45, 7) is 14.4. The fraction of sp³-hybridized carbons (Fsp3) is 0.941. The molecule has 0 saturated carbocycles. The summed E-state index contributed by atoms with van der Waals surface area (Å²) in [4.78, 5) is 22.2. The highest BCUT2D eigenvalue weighted by molar-refractivity contribution is 5.69. The second kappa shape index (κ2) is 42.7. The molecule has 0 aromatic carbocycles. The fourth-order valence-corrected chi connectivity index (χ4v) is 3.71. The highest BCUT2D eigenvalue weighted by atomic mass is 16.6. The van der Waals surface area contributed by atoms with Crippen LogP contribution in [0.5, 0.6) is 0 Å². The minimum atomic E-state index is -0.314. The van der Waals surface area contributed by atoms with Crippen LogP contribution in [0.2, 0.25) is 0 Å². The van der Waals surface area contributed by atoms with Gasteiger partial charge in [0.2, 0.25) is 0 Å². The predicted octanol–water partition coefficient (Wildman–Crippen LogP) is 2.64. The normalized spacial score (nSPS) is 11.3. The van der Waals surface area contributed by atoms with E-state index in [9.17, 15) is 9.59 Å². The standard InChI is InChI=1S/C34H66O15/c1-3-4-5-6-7-8-34(36)49-32-30-47-28-26-45-24-22-43-20-18-41-16-14-39-12-10-37-9-11-38-13-15-40-17-19-42-21-23-44-25-27-46-29-31-48-33(2)35/h3-32H2,1-2H3. The number of hydrogen-bond acceptors (Lipinski definition) is 15. The largest absolute Gasteiger partial charge is 0.463 e. The Morgan fingerprint density at radius 1 is 0.327 bits per heavy atom. The van der Waals surface area contributed by atoms with Crippen LogP contribution in [-0.4, -0.2) is 171 Å². The van der Waals surface area contributed by atoms with Gasteiger partial charge in [0, 0.05) is 13.3 Å². The van der Waals surface area contributed by atoms with Gasteiger partial charge in [-0.1, -0.05) is 32.6 Å². The van der Waals surface area contributed by atoms with Crippen molar-refractivity contribution < 1.29 is 71.2 Å². The van der Waals surface area contributed by atoms with Gasteiger partial charge < -0.3 is 61.6 Å². The van der Waals surface area contributed by atoms with Gasteiger partial charge in [-0.15, -0.1) is 0 Å². The molecule has 0 aliphatic carbocycles. The van der Waals surface area contributed by atoms with Gasteiger partial charge in [0.25, 0.3) is 0 Å². The lowest BCUT2D eigenvalue weighted by atomic mass is 10.1. The third-order valence-corrected chi connectivity index (χ3v) is 6.23. The molecule has 0 radical (unpaired) electrons. The summed E-state index contributed by atoms with van der Waals surface area (Å²) in [6.07, 6.45) is 6.05. The lowest BCUT2D eigenvalue weighted by Crippen LogP contribution is -2.16. The smallest absolute Gasteiger partial charge is 0.305 e. The van der Waals surface area contributed by atoms with E-state index in [1.54, 1.807) is 0 Å². The molecule has 0 rings (SSSR count). The third kappa shape index (κ3) is 44.5. The Morgan fingerprint density at radius 2 is 0.571 bits per heavy atom. The first-order valence-electron chi connectivity index (χ1n) is 17.8. The topological polar surface area (TPSA) is 154 Å². The first-order chi connectivity index (χ1) is 24.2. The summed E-state index contributed by atoms with van der Waals surface area (Å²) in [5, 5.41) is 0. The van der Waals surface area contributed by atoms with Crippen LogP contribution in [0.15, 0.2) is 0 Å². The molecule has 0 heterocycles. The second-order valence-electron chi connectivity index (χ2n) is 10.5. The first-order valence-corrected chi connectivity index (χ1v) is 17.8. The molecule has 0 fully saturated rings. The molecule has 15 nitrogen and oxygen atoms in total. The summed E-state index contributed by atoms with van der Waals surface area (Å²) >= 11 is 0. The predicted molar refractivity (Wildman–Crippen MR) is 180 cm³/mol. The molecule has 0 aromatic rings. The van der Waals surface area contributed by atoms with E-state index >= 15 is 0 Å². The molecule has 15 heteroatoms. The molecule has 0 bridgehead atoms. The molecule has 0 N–H and O–H groups in total. The summed E-state index contributed by atoms with van der Waals surface area (Å²) in [5.74, 6) is -0.465. The molecular formula is C34H66O15. The van der Waals surface area contributed by atoms with Crippen molar-refractivity contribution in [3.8, 4) is 0 Å². The highest BCUT2D eigenvalue weighted by Gasteiger charge is 2.02. The lowest BCUT2D eigenvalue weighted by molar-refractivity contribution is -0.145. The fourth-order valence-electron chi connectivity index (χ4n) is 3.71.